The Morgan fingerprint density at radius 1 is 1.43 bits per heavy atom. The predicted molar refractivity (Wildman–Crippen MR) is 64.4 cm³/mol. The van der Waals surface area contributed by atoms with Gasteiger partial charge in [-0.3, -0.25) is 4.90 Å². The molecule has 0 saturated carbocycles. The van der Waals surface area contributed by atoms with Crippen LogP contribution in [-0.2, 0) is 0 Å². The fourth-order valence-corrected chi connectivity index (χ4v) is 2.60. The van der Waals surface area contributed by atoms with Gasteiger partial charge < -0.3 is 5.32 Å². The first-order chi connectivity index (χ1) is 6.38. The zero-order valence-corrected chi connectivity index (χ0v) is 10.0. The smallest absolute Gasteiger partial charge is 0.0414 e. The van der Waals surface area contributed by atoms with Crippen molar-refractivity contribution in [1.82, 2.24) is 10.2 Å². The van der Waals surface area contributed by atoms with Gasteiger partial charge in [-0.25, -0.2) is 0 Å². The van der Waals surface area contributed by atoms with E-state index in [0.717, 1.165) is 13.1 Å². The summed E-state index contributed by atoms with van der Waals surface area (Å²) in [7, 11) is 0. The Labute approximate surface area is 95.7 Å². The van der Waals surface area contributed by atoms with Gasteiger partial charge in [0.15, 0.2) is 0 Å². The number of nitrogens with zero attached hydrogens (tertiary/aromatic N) is 1. The monoisotopic (exact) mass is 232 g/mol. The van der Waals surface area contributed by atoms with E-state index in [1.807, 2.05) is 11.3 Å². The van der Waals surface area contributed by atoms with Crippen molar-refractivity contribution < 1.29 is 0 Å². The van der Waals surface area contributed by atoms with Gasteiger partial charge in [0.05, 0.1) is 0 Å². The van der Waals surface area contributed by atoms with Crippen LogP contribution >= 0.6 is 23.7 Å². The van der Waals surface area contributed by atoms with Crippen molar-refractivity contribution in [3.63, 3.8) is 0 Å². The maximum absolute atomic E-state index is 3.38. The summed E-state index contributed by atoms with van der Waals surface area (Å²) in [5.74, 6) is 0. The third-order valence-corrected chi connectivity index (χ3v) is 3.70. The second kappa shape index (κ2) is 5.71. The second-order valence-electron chi connectivity index (χ2n) is 3.48. The van der Waals surface area contributed by atoms with Crippen molar-refractivity contribution in [1.29, 1.82) is 0 Å². The highest BCUT2D eigenvalue weighted by Gasteiger charge is 2.17. The van der Waals surface area contributed by atoms with Gasteiger partial charge in [-0.15, -0.1) is 23.7 Å². The van der Waals surface area contributed by atoms with E-state index in [0.29, 0.717) is 6.04 Å². The number of thiophene rings is 1. The number of piperazine rings is 1. The van der Waals surface area contributed by atoms with E-state index in [4.69, 9.17) is 0 Å². The molecule has 2 nitrogen and oxygen atoms in total. The zero-order chi connectivity index (χ0) is 9.10. The predicted octanol–water partition coefficient (Wildman–Crippen LogP) is 2.14. The van der Waals surface area contributed by atoms with Gasteiger partial charge in [0.25, 0.3) is 0 Å². The molecule has 0 amide bonds. The lowest BCUT2D eigenvalue weighted by atomic mass is 10.2. The fourth-order valence-electron chi connectivity index (χ4n) is 1.78. The van der Waals surface area contributed by atoms with E-state index in [9.17, 15) is 0 Å². The Morgan fingerprint density at radius 2 is 2.14 bits per heavy atom. The minimum absolute atomic E-state index is 0. The van der Waals surface area contributed by atoms with Gasteiger partial charge in [0.2, 0.25) is 0 Å². The summed E-state index contributed by atoms with van der Waals surface area (Å²) in [5.41, 5.74) is 0. The Balaban J connectivity index is 0.000000980. The minimum Gasteiger partial charge on any atom is -0.314 e. The molecule has 1 aromatic rings. The van der Waals surface area contributed by atoms with Crippen LogP contribution in [0.4, 0.5) is 0 Å². The van der Waals surface area contributed by atoms with E-state index in [-0.39, 0.29) is 12.4 Å². The molecule has 1 atom stereocenters. The van der Waals surface area contributed by atoms with E-state index in [1.165, 1.54) is 18.0 Å². The molecule has 1 fully saturated rings. The maximum Gasteiger partial charge on any atom is 0.0414 e. The molecule has 0 aliphatic carbocycles. The molecule has 4 heteroatoms. The molecule has 0 spiro atoms. The first-order valence-corrected chi connectivity index (χ1v) is 5.74. The van der Waals surface area contributed by atoms with Crippen LogP contribution in [0.3, 0.4) is 0 Å². The average Bonchev–Trinajstić information content (AvgIpc) is 2.71. The topological polar surface area (TPSA) is 15.3 Å². The maximum atomic E-state index is 3.38. The van der Waals surface area contributed by atoms with Crippen LogP contribution in [0.25, 0.3) is 0 Å². The molecule has 2 heterocycles. The fraction of sp³-hybridized carbons (Fsp3) is 0.600. The molecule has 80 valence electrons. The Kier molecular flexibility index (Phi) is 4.89. The SMILES string of the molecule is CC(c1cccs1)N1CCNCC1.Cl. The van der Waals surface area contributed by atoms with Crippen molar-refractivity contribution >= 4 is 23.7 Å². The lowest BCUT2D eigenvalue weighted by molar-refractivity contribution is 0.188. The number of hydrogen-bond acceptors (Lipinski definition) is 3. The molecule has 1 aliphatic rings. The number of rotatable bonds is 2. The van der Waals surface area contributed by atoms with Crippen LogP contribution in [-0.4, -0.2) is 31.1 Å². The zero-order valence-electron chi connectivity index (χ0n) is 8.40. The lowest BCUT2D eigenvalue weighted by Crippen LogP contribution is -2.44. The first-order valence-electron chi connectivity index (χ1n) is 4.86. The highest BCUT2D eigenvalue weighted by molar-refractivity contribution is 7.10. The summed E-state index contributed by atoms with van der Waals surface area (Å²) in [5, 5.41) is 5.54. The molecule has 1 aromatic heterocycles. The molecular formula is C10H17ClN2S. The van der Waals surface area contributed by atoms with Gasteiger partial charge in [-0.1, -0.05) is 6.07 Å². The number of nitrogens with one attached hydrogen (secondary N) is 1. The van der Waals surface area contributed by atoms with Crippen molar-refractivity contribution in [3.8, 4) is 0 Å². The van der Waals surface area contributed by atoms with Crippen molar-refractivity contribution in [2.75, 3.05) is 26.2 Å². The third-order valence-electron chi connectivity index (χ3n) is 2.65. The van der Waals surface area contributed by atoms with E-state index in [2.05, 4.69) is 34.7 Å². The Hall–Kier alpha value is -0.0900. The number of hydrogen-bond donors (Lipinski definition) is 1. The van der Waals surface area contributed by atoms with Crippen molar-refractivity contribution in [2.24, 2.45) is 0 Å². The van der Waals surface area contributed by atoms with Gasteiger partial charge in [0.1, 0.15) is 0 Å². The van der Waals surface area contributed by atoms with Gasteiger partial charge in [-0.2, -0.15) is 0 Å². The summed E-state index contributed by atoms with van der Waals surface area (Å²) in [4.78, 5) is 4.03. The van der Waals surface area contributed by atoms with E-state index < -0.39 is 0 Å². The highest BCUT2D eigenvalue weighted by atomic mass is 35.5. The molecule has 1 unspecified atom stereocenters. The summed E-state index contributed by atoms with van der Waals surface area (Å²) < 4.78 is 0. The van der Waals surface area contributed by atoms with Gasteiger partial charge >= 0.3 is 0 Å². The second-order valence-corrected chi connectivity index (χ2v) is 4.46. The molecule has 0 bridgehead atoms. The van der Waals surface area contributed by atoms with Gasteiger partial charge in [0, 0.05) is 37.1 Å². The first kappa shape index (κ1) is 12.0. The normalized spacial score (nSPS) is 20.1. The molecular weight excluding hydrogens is 216 g/mol. The van der Waals surface area contributed by atoms with Crippen molar-refractivity contribution in [3.05, 3.63) is 22.4 Å². The minimum atomic E-state index is 0. The van der Waals surface area contributed by atoms with Crippen molar-refractivity contribution in [2.45, 2.75) is 13.0 Å². The molecule has 14 heavy (non-hydrogen) atoms. The molecule has 2 rings (SSSR count). The van der Waals surface area contributed by atoms with Crippen LogP contribution < -0.4 is 5.32 Å². The van der Waals surface area contributed by atoms with Crippen LogP contribution in [0, 0.1) is 0 Å². The molecule has 1 N–H and O–H groups in total. The van der Waals surface area contributed by atoms with Crippen LogP contribution in [0.5, 0.6) is 0 Å². The summed E-state index contributed by atoms with van der Waals surface area (Å²) in [6, 6.07) is 4.97. The quantitative estimate of drug-likeness (QED) is 0.841. The van der Waals surface area contributed by atoms with Crippen LogP contribution in [0.2, 0.25) is 0 Å². The highest BCUT2D eigenvalue weighted by Crippen LogP contribution is 2.24. The number of halogens is 1. The lowest BCUT2D eigenvalue weighted by Gasteiger charge is -2.32. The van der Waals surface area contributed by atoms with Crippen LogP contribution in [0.15, 0.2) is 17.5 Å². The van der Waals surface area contributed by atoms with E-state index in [1.54, 1.807) is 0 Å². The Morgan fingerprint density at radius 3 is 2.71 bits per heavy atom. The van der Waals surface area contributed by atoms with Crippen LogP contribution in [0.1, 0.15) is 17.8 Å². The third kappa shape index (κ3) is 2.70. The molecule has 0 aromatic carbocycles. The molecule has 0 radical (unpaired) electrons. The summed E-state index contributed by atoms with van der Waals surface area (Å²) in [6.07, 6.45) is 0. The summed E-state index contributed by atoms with van der Waals surface area (Å²) in [6.45, 7) is 6.93. The average molecular weight is 233 g/mol. The summed E-state index contributed by atoms with van der Waals surface area (Å²) >= 11 is 1.86. The Bertz CT molecular complexity index is 245. The molecule has 1 aliphatic heterocycles. The van der Waals surface area contributed by atoms with Gasteiger partial charge in [-0.05, 0) is 18.4 Å². The largest absolute Gasteiger partial charge is 0.314 e. The standard InChI is InChI=1S/C10H16N2S.ClH/c1-9(10-3-2-8-13-10)12-6-4-11-5-7-12;/h2-3,8-9,11H,4-7H2,1H3;1H. The molecule has 1 saturated heterocycles. The van der Waals surface area contributed by atoms with E-state index >= 15 is 0 Å².